The maximum Gasteiger partial charge on any atom is 0.273 e. The zero-order valence-corrected chi connectivity index (χ0v) is 15.7. The number of rotatable bonds is 6. The van der Waals surface area contributed by atoms with E-state index in [0.29, 0.717) is 11.6 Å². The summed E-state index contributed by atoms with van der Waals surface area (Å²) >= 11 is 1.61. The lowest BCUT2D eigenvalue weighted by Crippen LogP contribution is -2.40. The number of aryl methyl sites for hydroxylation is 1. The lowest BCUT2D eigenvalue weighted by Gasteiger charge is -2.32. The Hall–Kier alpha value is -1.69. The second kappa shape index (κ2) is 7.28. The van der Waals surface area contributed by atoms with Gasteiger partial charge >= 0.3 is 0 Å². The summed E-state index contributed by atoms with van der Waals surface area (Å²) in [5, 5.41) is 2.99. The molecule has 6 heteroatoms. The van der Waals surface area contributed by atoms with Crippen LogP contribution in [0.25, 0.3) is 0 Å². The van der Waals surface area contributed by atoms with Gasteiger partial charge in [-0.3, -0.25) is 4.79 Å². The Morgan fingerprint density at radius 2 is 2.24 bits per heavy atom. The highest BCUT2D eigenvalue weighted by Gasteiger charge is 2.30. The van der Waals surface area contributed by atoms with Gasteiger partial charge in [0.25, 0.3) is 5.91 Å². The van der Waals surface area contributed by atoms with E-state index in [1.54, 1.807) is 11.3 Å². The predicted octanol–water partition coefficient (Wildman–Crippen LogP) is 3.72. The summed E-state index contributed by atoms with van der Waals surface area (Å²) in [4.78, 5) is 24.0. The van der Waals surface area contributed by atoms with E-state index in [1.807, 2.05) is 16.5 Å². The highest BCUT2D eigenvalue weighted by molar-refractivity contribution is 7.09. The summed E-state index contributed by atoms with van der Waals surface area (Å²) in [6.45, 7) is 4.83. The van der Waals surface area contributed by atoms with E-state index in [1.165, 1.54) is 12.8 Å². The first-order valence-corrected chi connectivity index (χ1v) is 10.4. The number of amides is 1. The number of imidazole rings is 1. The smallest absolute Gasteiger partial charge is 0.273 e. The Morgan fingerprint density at radius 1 is 1.36 bits per heavy atom. The standard InChI is InChI=1S/C19H26N4OS/c1-2-4-17-21-16(13-25-17)19(24)23-9-3-5-15(12-23)18-20-8-10-22(18)11-14-6-7-14/h8,10,13-15H,2-7,9,11-12H2,1H3. The minimum Gasteiger partial charge on any atom is -0.337 e. The van der Waals surface area contributed by atoms with Crippen molar-refractivity contribution in [1.29, 1.82) is 0 Å². The highest BCUT2D eigenvalue weighted by Crippen LogP contribution is 2.33. The molecule has 0 bridgehead atoms. The van der Waals surface area contributed by atoms with Crippen LogP contribution in [0.5, 0.6) is 0 Å². The first kappa shape index (κ1) is 16.8. The summed E-state index contributed by atoms with van der Waals surface area (Å²) in [6.07, 6.45) is 10.9. The molecule has 1 saturated heterocycles. The van der Waals surface area contributed by atoms with Crippen LogP contribution in [-0.2, 0) is 13.0 Å². The van der Waals surface area contributed by atoms with Gasteiger partial charge in [0, 0.05) is 43.3 Å². The van der Waals surface area contributed by atoms with Gasteiger partial charge in [0.1, 0.15) is 11.5 Å². The van der Waals surface area contributed by atoms with E-state index in [4.69, 9.17) is 0 Å². The quantitative estimate of drug-likeness (QED) is 0.791. The largest absolute Gasteiger partial charge is 0.337 e. The molecule has 1 aliphatic heterocycles. The topological polar surface area (TPSA) is 51.0 Å². The van der Waals surface area contributed by atoms with Crippen molar-refractivity contribution in [2.24, 2.45) is 5.92 Å². The molecule has 4 rings (SSSR count). The van der Waals surface area contributed by atoms with E-state index in [-0.39, 0.29) is 5.91 Å². The predicted molar refractivity (Wildman–Crippen MR) is 98.9 cm³/mol. The Labute approximate surface area is 153 Å². The maximum atomic E-state index is 12.8. The number of aromatic nitrogens is 3. The molecule has 1 amide bonds. The van der Waals surface area contributed by atoms with Crippen molar-refractivity contribution in [1.82, 2.24) is 19.4 Å². The fourth-order valence-electron chi connectivity index (χ4n) is 3.69. The van der Waals surface area contributed by atoms with Crippen LogP contribution in [0.15, 0.2) is 17.8 Å². The molecule has 134 valence electrons. The van der Waals surface area contributed by atoms with E-state index in [2.05, 4.69) is 27.7 Å². The Kier molecular flexibility index (Phi) is 4.88. The normalized spacial score (nSPS) is 20.8. The molecule has 0 N–H and O–H groups in total. The number of hydrogen-bond acceptors (Lipinski definition) is 4. The van der Waals surface area contributed by atoms with Crippen LogP contribution in [0.2, 0.25) is 0 Å². The van der Waals surface area contributed by atoms with Crippen molar-refractivity contribution in [3.63, 3.8) is 0 Å². The molecule has 0 radical (unpaired) electrons. The summed E-state index contributed by atoms with van der Waals surface area (Å²) in [5.41, 5.74) is 0.621. The van der Waals surface area contributed by atoms with Crippen molar-refractivity contribution in [3.05, 3.63) is 34.3 Å². The number of carbonyl (C=O) groups excluding carboxylic acids is 1. The molecule has 2 aliphatic rings. The Morgan fingerprint density at radius 3 is 3.04 bits per heavy atom. The molecule has 1 aliphatic carbocycles. The third kappa shape index (κ3) is 3.78. The van der Waals surface area contributed by atoms with Crippen molar-refractivity contribution in [3.8, 4) is 0 Å². The Balaban J connectivity index is 1.45. The van der Waals surface area contributed by atoms with E-state index in [9.17, 15) is 4.79 Å². The molecule has 0 spiro atoms. The fraction of sp³-hybridized carbons (Fsp3) is 0.632. The number of thiazole rings is 1. The first-order chi connectivity index (χ1) is 12.2. The maximum absolute atomic E-state index is 12.8. The van der Waals surface area contributed by atoms with Gasteiger partial charge in [-0.25, -0.2) is 9.97 Å². The summed E-state index contributed by atoms with van der Waals surface area (Å²) in [5.74, 6) is 2.43. The average molecular weight is 359 g/mol. The second-order valence-corrected chi connectivity index (χ2v) is 8.29. The van der Waals surface area contributed by atoms with Crippen LogP contribution in [0.3, 0.4) is 0 Å². The number of carbonyl (C=O) groups is 1. The molecule has 2 fully saturated rings. The molecular weight excluding hydrogens is 332 g/mol. The van der Waals surface area contributed by atoms with Gasteiger partial charge in [0.05, 0.1) is 5.01 Å². The monoisotopic (exact) mass is 358 g/mol. The lowest BCUT2D eigenvalue weighted by atomic mass is 9.96. The summed E-state index contributed by atoms with van der Waals surface area (Å²) < 4.78 is 2.32. The SMILES string of the molecule is CCCc1nc(C(=O)N2CCCC(c3nccn3CC3CC3)C2)cs1. The number of likely N-dealkylation sites (tertiary alicyclic amines) is 1. The number of nitrogens with zero attached hydrogens (tertiary/aromatic N) is 4. The van der Waals surface area contributed by atoms with Gasteiger partial charge in [0.15, 0.2) is 0 Å². The van der Waals surface area contributed by atoms with Gasteiger partial charge in [-0.05, 0) is 44.4 Å². The van der Waals surface area contributed by atoms with Crippen LogP contribution in [0.1, 0.15) is 66.3 Å². The highest BCUT2D eigenvalue weighted by atomic mass is 32.1. The lowest BCUT2D eigenvalue weighted by molar-refractivity contribution is 0.0698. The van der Waals surface area contributed by atoms with E-state index < -0.39 is 0 Å². The van der Waals surface area contributed by atoms with Crippen LogP contribution in [-0.4, -0.2) is 38.4 Å². The van der Waals surface area contributed by atoms with Gasteiger partial charge in [0.2, 0.25) is 0 Å². The fourth-order valence-corrected chi connectivity index (χ4v) is 4.56. The minimum atomic E-state index is 0.0867. The van der Waals surface area contributed by atoms with Crippen molar-refractivity contribution in [2.75, 3.05) is 13.1 Å². The number of hydrogen-bond donors (Lipinski definition) is 0. The van der Waals surface area contributed by atoms with Gasteiger partial charge < -0.3 is 9.47 Å². The summed E-state index contributed by atoms with van der Waals surface area (Å²) in [7, 11) is 0. The molecule has 0 aromatic carbocycles. The molecule has 3 heterocycles. The molecule has 2 aromatic heterocycles. The Bertz CT molecular complexity index is 733. The van der Waals surface area contributed by atoms with Crippen molar-refractivity contribution < 1.29 is 4.79 Å². The molecular formula is C19H26N4OS. The molecule has 1 saturated carbocycles. The van der Waals surface area contributed by atoms with Crippen LogP contribution in [0.4, 0.5) is 0 Å². The van der Waals surface area contributed by atoms with Crippen LogP contribution < -0.4 is 0 Å². The van der Waals surface area contributed by atoms with Gasteiger partial charge in [-0.15, -0.1) is 11.3 Å². The molecule has 2 aromatic rings. The molecule has 25 heavy (non-hydrogen) atoms. The third-order valence-corrected chi connectivity index (χ3v) is 6.12. The minimum absolute atomic E-state index is 0.0867. The zero-order valence-electron chi connectivity index (χ0n) is 14.9. The average Bonchev–Trinajstić information content (AvgIpc) is 3.12. The molecule has 1 atom stereocenters. The zero-order chi connectivity index (χ0) is 17.2. The molecule has 5 nitrogen and oxygen atoms in total. The second-order valence-electron chi connectivity index (χ2n) is 7.35. The molecule has 1 unspecified atom stereocenters. The third-order valence-electron chi connectivity index (χ3n) is 5.21. The van der Waals surface area contributed by atoms with Gasteiger partial charge in [-0.1, -0.05) is 6.92 Å². The van der Waals surface area contributed by atoms with Crippen molar-refractivity contribution >= 4 is 17.2 Å². The summed E-state index contributed by atoms with van der Waals surface area (Å²) in [6, 6.07) is 0. The first-order valence-electron chi connectivity index (χ1n) is 9.49. The van der Waals surface area contributed by atoms with E-state index >= 15 is 0 Å². The van der Waals surface area contributed by atoms with Crippen molar-refractivity contribution in [2.45, 2.75) is 57.9 Å². The van der Waals surface area contributed by atoms with E-state index in [0.717, 1.165) is 62.1 Å². The van der Waals surface area contributed by atoms with Gasteiger partial charge in [-0.2, -0.15) is 0 Å². The van der Waals surface area contributed by atoms with Crippen LogP contribution in [0, 0.1) is 5.92 Å². The van der Waals surface area contributed by atoms with Crippen LogP contribution >= 0.6 is 11.3 Å². The number of piperidine rings is 1.